The van der Waals surface area contributed by atoms with E-state index in [4.69, 9.17) is 4.42 Å². The van der Waals surface area contributed by atoms with Crippen LogP contribution in [0.25, 0.3) is 32.8 Å². The molecule has 0 amide bonds. The lowest BCUT2D eigenvalue weighted by Crippen LogP contribution is -2.01. The van der Waals surface area contributed by atoms with Gasteiger partial charge in [0.15, 0.2) is 0 Å². The number of fused-ring (bicyclic) bond motifs is 5. The minimum atomic E-state index is 0.935. The van der Waals surface area contributed by atoms with E-state index in [1.54, 1.807) is 0 Å². The molecule has 2 nitrogen and oxygen atoms in total. The van der Waals surface area contributed by atoms with Gasteiger partial charge in [0.25, 0.3) is 0 Å². The second-order valence-electron chi connectivity index (χ2n) is 4.56. The third-order valence-electron chi connectivity index (χ3n) is 3.45. The van der Waals surface area contributed by atoms with Gasteiger partial charge in [0.2, 0.25) is 0 Å². The fourth-order valence-electron chi connectivity index (χ4n) is 2.61. The topological polar surface area (TPSA) is 26.0 Å². The molecule has 0 saturated carbocycles. The number of hydrogen-bond donors (Lipinski definition) is 0. The molecule has 2 aromatic heterocycles. The number of benzene rings is 2. The quantitative estimate of drug-likeness (QED) is 0.434. The van der Waals surface area contributed by atoms with Crippen molar-refractivity contribution < 1.29 is 4.42 Å². The van der Waals surface area contributed by atoms with E-state index in [1.807, 2.05) is 24.4 Å². The molecule has 0 radical (unpaired) electrons. The molecule has 84 valence electrons. The lowest BCUT2D eigenvalue weighted by Gasteiger charge is -1.97. The van der Waals surface area contributed by atoms with Crippen LogP contribution in [0.15, 0.2) is 53.1 Å². The van der Waals surface area contributed by atoms with Crippen molar-refractivity contribution in [2.24, 2.45) is 0 Å². The molecule has 0 fully saturated rings. The Labute approximate surface area is 105 Å². The molecule has 2 aromatic carbocycles. The number of hydrogen-bond acceptors (Lipinski definition) is 2. The maximum Gasteiger partial charge on any atom is 0.144 e. The van der Waals surface area contributed by atoms with Crippen molar-refractivity contribution in [2.75, 3.05) is 0 Å². The summed E-state index contributed by atoms with van der Waals surface area (Å²) < 4.78 is 6.01. The highest BCUT2D eigenvalue weighted by atomic mass is 16.3. The molecular weight excluding hydrogens is 221 g/mol. The third-order valence-corrected chi connectivity index (χ3v) is 3.45. The van der Waals surface area contributed by atoms with Crippen LogP contribution in [-0.4, -0.2) is 12.8 Å². The summed E-state index contributed by atoms with van der Waals surface area (Å²) in [4.78, 5) is 4.36. The van der Waals surface area contributed by atoms with Crippen molar-refractivity contribution >= 4 is 46.2 Å². The summed E-state index contributed by atoms with van der Waals surface area (Å²) in [5.74, 6) is 0. The van der Waals surface area contributed by atoms with Gasteiger partial charge in [0.1, 0.15) is 19.0 Å². The Morgan fingerprint density at radius 2 is 1.89 bits per heavy atom. The van der Waals surface area contributed by atoms with Crippen molar-refractivity contribution in [1.82, 2.24) is 4.98 Å². The highest BCUT2D eigenvalue weighted by Crippen LogP contribution is 2.31. The standard InChI is InChI=1S/C15H10BNO/c16-11-4-1-5-13-14(11)10-6-7-12-9(15(10)18-13)3-2-8-17-12/h1-8H,16H2. The first-order valence-electron chi connectivity index (χ1n) is 6.00. The molecule has 4 aromatic rings. The van der Waals surface area contributed by atoms with E-state index in [2.05, 4.69) is 37.1 Å². The summed E-state index contributed by atoms with van der Waals surface area (Å²) in [6, 6.07) is 14.3. The van der Waals surface area contributed by atoms with Crippen molar-refractivity contribution in [3.63, 3.8) is 0 Å². The van der Waals surface area contributed by atoms with Gasteiger partial charge in [-0.3, -0.25) is 4.98 Å². The molecule has 4 rings (SSSR count). The molecule has 0 aliphatic carbocycles. The Hall–Kier alpha value is -2.29. The van der Waals surface area contributed by atoms with E-state index in [0.29, 0.717) is 0 Å². The Morgan fingerprint density at radius 3 is 2.83 bits per heavy atom. The Balaban J connectivity index is 2.34. The van der Waals surface area contributed by atoms with Crippen molar-refractivity contribution in [3.05, 3.63) is 48.7 Å². The van der Waals surface area contributed by atoms with Gasteiger partial charge in [-0.15, -0.1) is 0 Å². The molecule has 0 aliphatic heterocycles. The van der Waals surface area contributed by atoms with Crippen LogP contribution in [0.4, 0.5) is 0 Å². The highest BCUT2D eigenvalue weighted by molar-refractivity contribution is 6.41. The number of aromatic nitrogens is 1. The zero-order valence-corrected chi connectivity index (χ0v) is 9.97. The van der Waals surface area contributed by atoms with E-state index in [1.165, 1.54) is 16.2 Å². The molecule has 2 heterocycles. The smallest absolute Gasteiger partial charge is 0.144 e. The van der Waals surface area contributed by atoms with E-state index in [9.17, 15) is 0 Å². The number of nitrogens with zero attached hydrogens (tertiary/aromatic N) is 1. The Morgan fingerprint density at radius 1 is 0.944 bits per heavy atom. The van der Waals surface area contributed by atoms with Crippen LogP contribution in [0, 0.1) is 0 Å². The van der Waals surface area contributed by atoms with Gasteiger partial charge in [-0.1, -0.05) is 17.6 Å². The second kappa shape index (κ2) is 3.36. The zero-order chi connectivity index (χ0) is 12.1. The first-order chi connectivity index (χ1) is 8.84. The SMILES string of the molecule is Bc1cccc2oc3c4cccnc4ccc3c12. The predicted octanol–water partition coefficient (Wildman–Crippen LogP) is 2.39. The van der Waals surface area contributed by atoms with Crippen LogP contribution in [0.1, 0.15) is 0 Å². The lowest BCUT2D eigenvalue weighted by atomic mass is 9.91. The van der Waals surface area contributed by atoms with E-state index in [-0.39, 0.29) is 0 Å². The van der Waals surface area contributed by atoms with Crippen LogP contribution in [0.5, 0.6) is 0 Å². The molecule has 0 saturated heterocycles. The highest BCUT2D eigenvalue weighted by Gasteiger charge is 2.11. The first-order valence-corrected chi connectivity index (χ1v) is 6.00. The summed E-state index contributed by atoms with van der Waals surface area (Å²) in [6.07, 6.45) is 1.81. The monoisotopic (exact) mass is 231 g/mol. The Kier molecular flexibility index (Phi) is 1.81. The van der Waals surface area contributed by atoms with Gasteiger partial charge in [-0.05, 0) is 30.3 Å². The summed E-state index contributed by atoms with van der Waals surface area (Å²) >= 11 is 0. The molecule has 0 unspecified atom stereocenters. The molecule has 0 atom stereocenters. The van der Waals surface area contributed by atoms with Crippen LogP contribution in [0.3, 0.4) is 0 Å². The van der Waals surface area contributed by atoms with Gasteiger partial charge in [-0.25, -0.2) is 0 Å². The van der Waals surface area contributed by atoms with Crippen LogP contribution in [-0.2, 0) is 0 Å². The molecule has 0 aliphatic rings. The predicted molar refractivity (Wildman–Crippen MR) is 77.2 cm³/mol. The molecule has 18 heavy (non-hydrogen) atoms. The second-order valence-corrected chi connectivity index (χ2v) is 4.56. The summed E-state index contributed by atoms with van der Waals surface area (Å²) in [5, 5.41) is 3.45. The van der Waals surface area contributed by atoms with Gasteiger partial charge in [-0.2, -0.15) is 0 Å². The maximum absolute atomic E-state index is 6.01. The summed E-state index contributed by atoms with van der Waals surface area (Å²) in [5.41, 5.74) is 4.10. The van der Waals surface area contributed by atoms with Gasteiger partial charge in [0, 0.05) is 22.4 Å². The number of pyridine rings is 1. The van der Waals surface area contributed by atoms with Gasteiger partial charge in [0.05, 0.1) is 5.52 Å². The normalized spacial score (nSPS) is 11.6. The minimum Gasteiger partial charge on any atom is -0.455 e. The van der Waals surface area contributed by atoms with E-state index < -0.39 is 0 Å². The summed E-state index contributed by atoms with van der Waals surface area (Å²) in [7, 11) is 2.12. The van der Waals surface area contributed by atoms with Crippen LogP contribution < -0.4 is 5.46 Å². The van der Waals surface area contributed by atoms with Crippen molar-refractivity contribution in [1.29, 1.82) is 0 Å². The summed E-state index contributed by atoms with van der Waals surface area (Å²) in [6.45, 7) is 0. The number of rotatable bonds is 0. The third kappa shape index (κ3) is 1.16. The van der Waals surface area contributed by atoms with Crippen LogP contribution >= 0.6 is 0 Å². The van der Waals surface area contributed by atoms with Gasteiger partial charge < -0.3 is 4.42 Å². The maximum atomic E-state index is 6.01. The molecule has 3 heteroatoms. The minimum absolute atomic E-state index is 0.935. The largest absolute Gasteiger partial charge is 0.455 e. The fraction of sp³-hybridized carbons (Fsp3) is 0. The molecular formula is C15H10BNO. The average molecular weight is 231 g/mol. The van der Waals surface area contributed by atoms with Crippen LogP contribution in [0.2, 0.25) is 0 Å². The average Bonchev–Trinajstić information content (AvgIpc) is 2.79. The van der Waals surface area contributed by atoms with Crippen molar-refractivity contribution in [2.45, 2.75) is 0 Å². The molecule has 0 bridgehead atoms. The number of furan rings is 1. The Bertz CT molecular complexity index is 895. The lowest BCUT2D eigenvalue weighted by molar-refractivity contribution is 0.673. The van der Waals surface area contributed by atoms with E-state index >= 15 is 0 Å². The fourth-order valence-corrected chi connectivity index (χ4v) is 2.61. The van der Waals surface area contributed by atoms with Gasteiger partial charge >= 0.3 is 0 Å². The van der Waals surface area contributed by atoms with E-state index in [0.717, 1.165) is 22.1 Å². The molecule has 0 N–H and O–H groups in total. The zero-order valence-electron chi connectivity index (χ0n) is 9.97. The molecule has 0 spiro atoms. The first kappa shape index (κ1) is 9.72. The van der Waals surface area contributed by atoms with Crippen molar-refractivity contribution in [3.8, 4) is 0 Å².